The average Bonchev–Trinajstić information content (AvgIpc) is 1.90. The van der Waals surface area contributed by atoms with E-state index in [2.05, 4.69) is 6.92 Å². The van der Waals surface area contributed by atoms with E-state index in [1.165, 1.54) is 6.42 Å². The van der Waals surface area contributed by atoms with Gasteiger partial charge in [-0.05, 0) is 19.3 Å². The van der Waals surface area contributed by atoms with Gasteiger partial charge in [-0.25, -0.2) is 0 Å². The first-order chi connectivity index (χ1) is 4.30. The zero-order chi connectivity index (χ0) is 6.69. The van der Waals surface area contributed by atoms with Crippen molar-refractivity contribution >= 4 is 5.91 Å². The summed E-state index contributed by atoms with van der Waals surface area (Å²) in [5, 5.41) is 0. The van der Waals surface area contributed by atoms with Crippen molar-refractivity contribution in [2.75, 3.05) is 13.1 Å². The molecule has 0 aromatic heterocycles. The van der Waals surface area contributed by atoms with E-state index in [1.54, 1.807) is 0 Å². The van der Waals surface area contributed by atoms with Crippen LogP contribution in [0.4, 0.5) is 0 Å². The SMILES string of the molecule is [Br-].[CH2-]C(=O)N1CCCCC1.[Zn+2]. The molecule has 0 atom stereocenters. The maximum atomic E-state index is 10.6. The zero-order valence-electron chi connectivity index (χ0n) is 6.68. The Morgan fingerprint density at radius 2 is 1.64 bits per heavy atom. The van der Waals surface area contributed by atoms with E-state index in [1.807, 2.05) is 4.90 Å². The molecule has 0 spiro atoms. The molecule has 1 amide bonds. The average molecular weight is 271 g/mol. The molecule has 0 aromatic carbocycles. The molecule has 1 fully saturated rings. The number of nitrogens with zero attached hydrogens (tertiary/aromatic N) is 1. The van der Waals surface area contributed by atoms with E-state index >= 15 is 0 Å². The van der Waals surface area contributed by atoms with Crippen molar-refractivity contribution in [3.8, 4) is 0 Å². The van der Waals surface area contributed by atoms with Gasteiger partial charge in [-0.3, -0.25) is 0 Å². The molecule has 1 saturated heterocycles. The van der Waals surface area contributed by atoms with E-state index in [0.717, 1.165) is 25.9 Å². The van der Waals surface area contributed by atoms with Crippen molar-refractivity contribution in [1.29, 1.82) is 0 Å². The summed E-state index contributed by atoms with van der Waals surface area (Å²) >= 11 is 0. The quantitative estimate of drug-likeness (QED) is 0.363. The second-order valence-corrected chi connectivity index (χ2v) is 2.44. The molecule has 0 N–H and O–H groups in total. The fourth-order valence-electron chi connectivity index (χ4n) is 1.14. The molecule has 0 bridgehead atoms. The summed E-state index contributed by atoms with van der Waals surface area (Å²) in [5.41, 5.74) is 0. The Kier molecular flexibility index (Phi) is 9.05. The van der Waals surface area contributed by atoms with Gasteiger partial charge in [0.2, 0.25) is 0 Å². The number of hydrogen-bond donors (Lipinski definition) is 0. The molecular formula is C7H12BrNOZn. The van der Waals surface area contributed by atoms with Gasteiger partial charge in [0.05, 0.1) is 5.91 Å². The van der Waals surface area contributed by atoms with Crippen LogP contribution in [0.3, 0.4) is 0 Å². The van der Waals surface area contributed by atoms with E-state index in [4.69, 9.17) is 0 Å². The number of amides is 1. The smallest absolute Gasteiger partial charge is 1.00 e. The minimum Gasteiger partial charge on any atom is -1.00 e. The number of rotatable bonds is 0. The molecule has 60 valence electrons. The van der Waals surface area contributed by atoms with Crippen molar-refractivity contribution in [3.05, 3.63) is 6.92 Å². The summed E-state index contributed by atoms with van der Waals surface area (Å²) in [6, 6.07) is 0. The summed E-state index contributed by atoms with van der Waals surface area (Å²) in [7, 11) is 0. The minimum atomic E-state index is -0.0188. The Bertz CT molecular complexity index is 115. The predicted octanol–water partition coefficient (Wildman–Crippen LogP) is -2.17. The Morgan fingerprint density at radius 1 is 1.18 bits per heavy atom. The molecule has 2 nitrogen and oxygen atoms in total. The second kappa shape index (κ2) is 7.11. The van der Waals surface area contributed by atoms with Crippen LogP contribution in [-0.4, -0.2) is 23.9 Å². The molecule has 0 saturated carbocycles. The molecule has 1 rings (SSSR count). The normalized spacial score (nSPS) is 16.2. The molecule has 0 radical (unpaired) electrons. The second-order valence-electron chi connectivity index (χ2n) is 2.44. The summed E-state index contributed by atoms with van der Waals surface area (Å²) in [6.45, 7) is 5.19. The number of likely N-dealkylation sites (tertiary alicyclic amines) is 1. The Morgan fingerprint density at radius 3 is 1.91 bits per heavy atom. The van der Waals surface area contributed by atoms with Gasteiger partial charge in [-0.1, -0.05) is 0 Å². The van der Waals surface area contributed by atoms with Crippen LogP contribution in [-0.2, 0) is 24.3 Å². The van der Waals surface area contributed by atoms with Crippen molar-refractivity contribution < 1.29 is 41.3 Å². The van der Waals surface area contributed by atoms with Gasteiger partial charge in [0.1, 0.15) is 0 Å². The number of piperidine rings is 1. The van der Waals surface area contributed by atoms with Gasteiger partial charge in [0.25, 0.3) is 0 Å². The third-order valence-electron chi connectivity index (χ3n) is 1.71. The summed E-state index contributed by atoms with van der Waals surface area (Å²) in [4.78, 5) is 12.4. The zero-order valence-corrected chi connectivity index (χ0v) is 11.2. The van der Waals surface area contributed by atoms with Crippen molar-refractivity contribution in [3.63, 3.8) is 0 Å². The molecule has 1 heterocycles. The summed E-state index contributed by atoms with van der Waals surface area (Å²) < 4.78 is 0. The minimum absolute atomic E-state index is 0. The maximum absolute atomic E-state index is 10.6. The topological polar surface area (TPSA) is 20.3 Å². The Hall–Kier alpha value is 0.443. The van der Waals surface area contributed by atoms with E-state index in [-0.39, 0.29) is 42.4 Å². The van der Waals surface area contributed by atoms with Gasteiger partial charge in [0.15, 0.2) is 0 Å². The Balaban J connectivity index is 0. The molecule has 11 heavy (non-hydrogen) atoms. The third-order valence-corrected chi connectivity index (χ3v) is 1.71. The first-order valence-corrected chi connectivity index (χ1v) is 3.41. The first-order valence-electron chi connectivity index (χ1n) is 3.41. The van der Waals surface area contributed by atoms with Crippen LogP contribution in [0.25, 0.3) is 0 Å². The Labute approximate surface area is 91.2 Å². The molecule has 1 aliphatic rings. The van der Waals surface area contributed by atoms with Crippen molar-refractivity contribution in [2.24, 2.45) is 0 Å². The molecule has 0 aliphatic carbocycles. The maximum Gasteiger partial charge on any atom is 2.00 e. The molecule has 0 aromatic rings. The fraction of sp³-hybridized carbons (Fsp3) is 0.714. The van der Waals surface area contributed by atoms with Gasteiger partial charge < -0.3 is 33.6 Å². The molecule has 0 unspecified atom stereocenters. The largest absolute Gasteiger partial charge is 2.00 e. The number of halogens is 1. The molecule has 4 heteroatoms. The van der Waals surface area contributed by atoms with Crippen LogP contribution in [0.5, 0.6) is 0 Å². The van der Waals surface area contributed by atoms with Gasteiger partial charge in [-0.2, -0.15) is 0 Å². The van der Waals surface area contributed by atoms with Crippen LogP contribution < -0.4 is 17.0 Å². The van der Waals surface area contributed by atoms with Crippen LogP contribution in [0.2, 0.25) is 0 Å². The fourth-order valence-corrected chi connectivity index (χ4v) is 1.14. The standard InChI is InChI=1S/C7H12NO.BrH.Zn/c1-7(9)8-5-3-2-4-6-8;;/h1-6H2;1H;/q-1;;+2/p-1. The molecule has 1 aliphatic heterocycles. The third kappa shape index (κ3) is 4.81. The van der Waals surface area contributed by atoms with Crippen LogP contribution >= 0.6 is 0 Å². The van der Waals surface area contributed by atoms with Crippen LogP contribution in [0.15, 0.2) is 0 Å². The first kappa shape index (κ1) is 14.0. The van der Waals surface area contributed by atoms with Crippen LogP contribution in [0.1, 0.15) is 19.3 Å². The number of hydrogen-bond acceptors (Lipinski definition) is 1. The van der Waals surface area contributed by atoms with Gasteiger partial charge in [0, 0.05) is 13.1 Å². The van der Waals surface area contributed by atoms with Crippen LogP contribution in [0, 0.1) is 6.92 Å². The van der Waals surface area contributed by atoms with Gasteiger partial charge in [-0.15, -0.1) is 0 Å². The van der Waals surface area contributed by atoms with E-state index < -0.39 is 0 Å². The van der Waals surface area contributed by atoms with Crippen molar-refractivity contribution in [1.82, 2.24) is 4.90 Å². The van der Waals surface area contributed by atoms with E-state index in [9.17, 15) is 4.79 Å². The van der Waals surface area contributed by atoms with Crippen molar-refractivity contribution in [2.45, 2.75) is 19.3 Å². The molecular weight excluding hydrogens is 259 g/mol. The monoisotopic (exact) mass is 269 g/mol. The van der Waals surface area contributed by atoms with Gasteiger partial charge >= 0.3 is 19.5 Å². The number of carbonyl (C=O) groups excluding carboxylic acids is 1. The predicted molar refractivity (Wildman–Crippen MR) is 35.8 cm³/mol. The summed E-state index contributed by atoms with van der Waals surface area (Å²) in [6.07, 6.45) is 3.58. The number of carbonyl (C=O) groups is 1. The van der Waals surface area contributed by atoms with E-state index in [0.29, 0.717) is 0 Å². The summed E-state index contributed by atoms with van der Waals surface area (Å²) in [5.74, 6) is -0.0188.